The van der Waals surface area contributed by atoms with Gasteiger partial charge in [-0.25, -0.2) is 14.5 Å². The van der Waals surface area contributed by atoms with Crippen molar-refractivity contribution < 1.29 is 47.5 Å². The number of amides is 4. The van der Waals surface area contributed by atoms with Crippen molar-refractivity contribution in [2.45, 2.75) is 78.9 Å². The van der Waals surface area contributed by atoms with E-state index in [0.29, 0.717) is 71.0 Å². The number of anilines is 2. The Morgan fingerprint density at radius 3 is 1.58 bits per heavy atom. The monoisotopic (exact) mass is 927 g/mol. The van der Waals surface area contributed by atoms with Crippen LogP contribution in [0.2, 0.25) is 0 Å². The molecule has 8 N–H and O–H groups in total. The maximum absolute atomic E-state index is 13.9. The second-order valence-corrected chi connectivity index (χ2v) is 17.2. The van der Waals surface area contributed by atoms with Gasteiger partial charge in [0.2, 0.25) is 23.7 Å². The quantitative estimate of drug-likeness (QED) is 0.0804. The summed E-state index contributed by atoms with van der Waals surface area (Å²) in [4.78, 5) is 83.8. The molecule has 348 valence electrons. The molecule has 6 aromatic rings. The molecule has 23 nitrogen and oxygen atoms in total. The Kier molecular flexibility index (Phi) is 12.8. The summed E-state index contributed by atoms with van der Waals surface area (Å²) in [7, 11) is -4.75. The van der Waals surface area contributed by atoms with Crippen LogP contribution in [0.3, 0.4) is 0 Å². The van der Waals surface area contributed by atoms with E-state index < -0.39 is 43.6 Å². The molecule has 0 spiro atoms. The number of primary amides is 2. The molecule has 24 heteroatoms. The molecule has 66 heavy (non-hydrogen) atoms. The maximum atomic E-state index is 13.9. The van der Waals surface area contributed by atoms with Gasteiger partial charge in [0.15, 0.2) is 0 Å². The zero-order valence-corrected chi connectivity index (χ0v) is 37.5. The first-order chi connectivity index (χ1) is 31.5. The first-order valence-corrected chi connectivity index (χ1v) is 22.8. The number of aromatic nitrogens is 8. The topological polar surface area (TPSA) is 304 Å². The maximum Gasteiger partial charge on any atom is 0.469 e. The third-order valence-corrected chi connectivity index (χ3v) is 12.0. The van der Waals surface area contributed by atoms with E-state index in [-0.39, 0.29) is 73.7 Å². The molecule has 2 aliphatic heterocycles. The minimum Gasteiger partial charge on any atom is -0.490 e. The number of nitrogens with zero attached hydrogens (tertiary/aromatic N) is 9. The number of ether oxygens (including phenoxy) is 2. The number of carbonyl (C=O) groups excluding carboxylic acids is 4. The number of hydrogen-bond acceptors (Lipinski definition) is 13. The van der Waals surface area contributed by atoms with Crippen LogP contribution >= 0.6 is 7.82 Å². The van der Waals surface area contributed by atoms with Crippen molar-refractivity contribution in [2.24, 2.45) is 11.5 Å². The number of allylic oxidation sites excluding steroid dienone is 2. The number of nitrogens with one attached hydrogen (secondary N) is 2. The van der Waals surface area contributed by atoms with Crippen molar-refractivity contribution in [3.05, 3.63) is 82.5 Å². The number of rotatable bonds is 11. The molecular weight excluding hydrogens is 878 g/mol. The van der Waals surface area contributed by atoms with Gasteiger partial charge in [-0.3, -0.25) is 48.6 Å². The fraction of sp³-hybridized carbons (Fsp3) is 0.381. The molecule has 0 unspecified atom stereocenters. The highest BCUT2D eigenvalue weighted by atomic mass is 31.2. The minimum atomic E-state index is -4.75. The Hall–Kier alpha value is -6.91. The average molecular weight is 928 g/mol. The molecule has 4 aromatic heterocycles. The van der Waals surface area contributed by atoms with E-state index >= 15 is 0 Å². The van der Waals surface area contributed by atoms with E-state index in [0.717, 1.165) is 0 Å². The largest absolute Gasteiger partial charge is 0.490 e. The summed E-state index contributed by atoms with van der Waals surface area (Å²) in [5.74, 6) is -1.73. The molecule has 0 radical (unpaired) electrons. The van der Waals surface area contributed by atoms with Crippen LogP contribution < -0.4 is 31.6 Å². The van der Waals surface area contributed by atoms with Gasteiger partial charge in [0.25, 0.3) is 11.8 Å². The Balaban J connectivity index is 1.26. The molecule has 0 atom stereocenters. The summed E-state index contributed by atoms with van der Waals surface area (Å²) < 4.78 is 36.6. The average Bonchev–Trinajstić information content (AvgIpc) is 4.03. The standard InChI is InChI=1S/C42H50N13O10P/c1-5-54-31(15-23(3)49-54)39(58)47-41-45-29-17-25(37(43)56)19-33-35(29)52(41)11-7-8-12-53-36-30(46-42(53)48-40(59)32-16-24(4)50-55(32)6-2)18-26(38(44)57)20-34(36)64-22-27(21-63-33)51-13-9-28(10-14-51)65-66(60,61)62/h7-8,15-20,27-28H,5-6,9-14,21-22H2,1-4H3,(H2,43,56)(H2,44,57)(H,45,47,58)(H,46,48,59)(H2,60,61,62)/b8-7+. The van der Waals surface area contributed by atoms with Gasteiger partial charge in [-0.15, -0.1) is 0 Å². The zero-order chi connectivity index (χ0) is 47.0. The van der Waals surface area contributed by atoms with E-state index in [9.17, 15) is 33.5 Å². The van der Waals surface area contributed by atoms with Crippen LogP contribution in [0.25, 0.3) is 22.1 Å². The zero-order valence-electron chi connectivity index (χ0n) is 36.6. The summed E-state index contributed by atoms with van der Waals surface area (Å²) >= 11 is 0. The third-order valence-electron chi connectivity index (χ3n) is 11.4. The van der Waals surface area contributed by atoms with Crippen molar-refractivity contribution >= 4 is 65.4 Å². The molecule has 2 aromatic carbocycles. The van der Waals surface area contributed by atoms with E-state index in [1.165, 1.54) is 24.3 Å². The Morgan fingerprint density at radius 2 is 1.18 bits per heavy atom. The van der Waals surface area contributed by atoms with Crippen LogP contribution in [-0.4, -0.2) is 115 Å². The summed E-state index contributed by atoms with van der Waals surface area (Å²) in [5, 5.41) is 14.7. The van der Waals surface area contributed by atoms with Crippen LogP contribution in [0.1, 0.15) is 79.8 Å². The van der Waals surface area contributed by atoms with Crippen LogP contribution in [0, 0.1) is 13.8 Å². The number of imidazole rings is 2. The van der Waals surface area contributed by atoms with Crippen molar-refractivity contribution in [3.8, 4) is 11.5 Å². The Bertz CT molecular complexity index is 2780. The van der Waals surface area contributed by atoms with Gasteiger partial charge in [0.05, 0.1) is 34.6 Å². The van der Waals surface area contributed by atoms with Crippen molar-refractivity contribution in [1.82, 2.24) is 43.6 Å². The Labute approximate surface area is 376 Å². The van der Waals surface area contributed by atoms with Crippen molar-refractivity contribution in [1.29, 1.82) is 0 Å². The number of piperidine rings is 1. The predicted molar refractivity (Wildman–Crippen MR) is 239 cm³/mol. The predicted octanol–water partition coefficient (Wildman–Crippen LogP) is 3.11. The fourth-order valence-electron chi connectivity index (χ4n) is 8.31. The highest BCUT2D eigenvalue weighted by Gasteiger charge is 2.32. The SMILES string of the molecule is CCn1nc(C)cc1C(=O)Nc1nc2cc(C(N)=O)cc3c2n1C/C=C/Cn1c(NC(=O)c2cc(C)nn2CC)nc2cc(C(N)=O)cc(c21)OCC(N1CCC(OP(=O)(O)O)CC1)CO3. The van der Waals surface area contributed by atoms with Gasteiger partial charge in [0.1, 0.15) is 47.1 Å². The molecule has 0 aliphatic carbocycles. The number of hydrogen-bond donors (Lipinski definition) is 6. The molecule has 1 fully saturated rings. The summed E-state index contributed by atoms with van der Waals surface area (Å²) in [5.41, 5.74) is 15.2. The molecule has 6 heterocycles. The van der Waals surface area contributed by atoms with Crippen LogP contribution in [0.5, 0.6) is 11.5 Å². The molecule has 1 saturated heterocycles. The van der Waals surface area contributed by atoms with E-state index in [2.05, 4.69) is 20.8 Å². The smallest absolute Gasteiger partial charge is 0.469 e. The summed E-state index contributed by atoms with van der Waals surface area (Å²) in [6.07, 6.45) is 3.48. The van der Waals surface area contributed by atoms with Crippen molar-refractivity contribution in [2.75, 3.05) is 36.9 Å². The lowest BCUT2D eigenvalue weighted by atomic mass is 10.1. The number of carbonyl (C=O) groups is 4. The van der Waals surface area contributed by atoms with Crippen LogP contribution in [-0.2, 0) is 35.3 Å². The Morgan fingerprint density at radius 1 is 0.742 bits per heavy atom. The first-order valence-electron chi connectivity index (χ1n) is 21.3. The van der Waals surface area contributed by atoms with Crippen LogP contribution in [0.4, 0.5) is 11.9 Å². The number of phosphoric acid groups is 1. The summed E-state index contributed by atoms with van der Waals surface area (Å²) in [6, 6.07) is 8.78. The highest BCUT2D eigenvalue weighted by Crippen LogP contribution is 2.40. The molecule has 4 amide bonds. The first kappa shape index (κ1) is 45.7. The fourth-order valence-corrected chi connectivity index (χ4v) is 8.91. The number of aryl methyl sites for hydroxylation is 4. The lowest BCUT2D eigenvalue weighted by Crippen LogP contribution is -2.48. The minimum absolute atomic E-state index is 0.0667. The van der Waals surface area contributed by atoms with Gasteiger partial charge in [-0.05, 0) is 76.9 Å². The van der Waals surface area contributed by atoms with E-state index in [1.807, 2.05) is 30.9 Å². The molecule has 2 aliphatic rings. The second-order valence-electron chi connectivity index (χ2n) is 16.0. The van der Waals surface area contributed by atoms with Gasteiger partial charge >= 0.3 is 7.82 Å². The third kappa shape index (κ3) is 9.56. The van der Waals surface area contributed by atoms with Crippen LogP contribution in [0.15, 0.2) is 48.6 Å². The van der Waals surface area contributed by atoms with Gasteiger partial charge < -0.3 is 39.9 Å². The van der Waals surface area contributed by atoms with E-state index in [1.54, 1.807) is 44.5 Å². The lowest BCUT2D eigenvalue weighted by molar-refractivity contribution is 0.0278. The second kappa shape index (κ2) is 18.5. The van der Waals surface area contributed by atoms with Gasteiger partial charge in [-0.2, -0.15) is 10.2 Å². The lowest BCUT2D eigenvalue weighted by Gasteiger charge is -2.37. The molecular formula is C42H50N13O10P. The van der Waals surface area contributed by atoms with Gasteiger partial charge in [0, 0.05) is 50.4 Å². The molecule has 8 rings (SSSR count). The number of likely N-dealkylation sites (tertiary alicyclic amines) is 1. The molecule has 0 bridgehead atoms. The normalized spacial score (nSPS) is 16.0. The number of nitrogens with two attached hydrogens (primary N) is 2. The number of benzene rings is 2. The van der Waals surface area contributed by atoms with Crippen molar-refractivity contribution in [3.63, 3.8) is 0 Å². The number of phosphoric ester groups is 1. The summed E-state index contributed by atoms with van der Waals surface area (Å²) in [6.45, 7) is 8.92. The van der Waals surface area contributed by atoms with Gasteiger partial charge in [-0.1, -0.05) is 12.2 Å². The van der Waals surface area contributed by atoms with E-state index in [4.69, 9.17) is 35.4 Å². The molecule has 0 saturated carbocycles. The highest BCUT2D eigenvalue weighted by molar-refractivity contribution is 7.46.